The quantitative estimate of drug-likeness (QED) is 0.400. The number of carbonyl (C=O) groups excluding carboxylic acids is 2. The Labute approximate surface area is 163 Å². The van der Waals surface area contributed by atoms with E-state index in [1.165, 1.54) is 0 Å². The van der Waals surface area contributed by atoms with E-state index in [9.17, 15) is 9.59 Å². The van der Waals surface area contributed by atoms with E-state index in [2.05, 4.69) is 11.8 Å². The molecule has 1 aliphatic heterocycles. The molecule has 0 aromatic heterocycles. The number of rotatable bonds is 0. The molecule has 0 unspecified atom stereocenters. The highest BCUT2D eigenvalue weighted by Gasteiger charge is 2.39. The van der Waals surface area contributed by atoms with Crippen molar-refractivity contribution in [2.75, 3.05) is 0 Å². The average Bonchev–Trinajstić information content (AvgIpc) is 2.73. The third kappa shape index (κ3) is 3.15. The van der Waals surface area contributed by atoms with Crippen LogP contribution in [0, 0.1) is 36.5 Å². The van der Waals surface area contributed by atoms with Crippen molar-refractivity contribution in [3.05, 3.63) is 47.5 Å². The molecule has 1 heterocycles. The van der Waals surface area contributed by atoms with E-state index in [4.69, 9.17) is 22.3 Å². The van der Waals surface area contributed by atoms with E-state index in [-0.39, 0.29) is 0 Å². The zero-order valence-electron chi connectivity index (χ0n) is 15.2. The van der Waals surface area contributed by atoms with Gasteiger partial charge in [0.25, 0.3) is 0 Å². The summed E-state index contributed by atoms with van der Waals surface area (Å²) in [5, 5.41) is 0. The van der Waals surface area contributed by atoms with Crippen molar-refractivity contribution in [3.8, 4) is 47.3 Å². The van der Waals surface area contributed by atoms with Gasteiger partial charge in [-0.15, -0.1) is 12.8 Å². The van der Waals surface area contributed by atoms with Crippen LogP contribution in [0.2, 0.25) is 0 Å². The lowest BCUT2D eigenvalue weighted by molar-refractivity contribution is -0.152. The Bertz CT molecular complexity index is 966. The fourth-order valence-electron chi connectivity index (χ4n) is 3.90. The Morgan fingerprint density at radius 3 is 1.57 bits per heavy atom. The van der Waals surface area contributed by atoms with Gasteiger partial charge in [0, 0.05) is 22.3 Å². The maximum absolute atomic E-state index is 12.9. The number of ether oxygens (including phenoxy) is 2. The zero-order valence-corrected chi connectivity index (χ0v) is 15.2. The van der Waals surface area contributed by atoms with Crippen LogP contribution in [0.3, 0.4) is 0 Å². The maximum Gasteiger partial charge on any atom is 0.315 e. The summed E-state index contributed by atoms with van der Waals surface area (Å²) in [6.45, 7) is 0. The first-order chi connectivity index (χ1) is 13.6. The summed E-state index contributed by atoms with van der Waals surface area (Å²) < 4.78 is 11.5. The molecule has 1 fully saturated rings. The highest BCUT2D eigenvalue weighted by Crippen LogP contribution is 2.41. The molecule has 0 bridgehead atoms. The van der Waals surface area contributed by atoms with Crippen LogP contribution in [0.25, 0.3) is 11.1 Å². The molecule has 1 saturated carbocycles. The van der Waals surface area contributed by atoms with Crippen molar-refractivity contribution in [3.63, 3.8) is 0 Å². The minimum absolute atomic E-state index is 0.377. The van der Waals surface area contributed by atoms with E-state index in [1.54, 1.807) is 36.4 Å². The minimum Gasteiger partial charge on any atom is -0.426 e. The van der Waals surface area contributed by atoms with Gasteiger partial charge < -0.3 is 9.47 Å². The molecule has 0 radical (unpaired) electrons. The second kappa shape index (κ2) is 7.25. The Morgan fingerprint density at radius 1 is 0.750 bits per heavy atom. The van der Waals surface area contributed by atoms with Crippen molar-refractivity contribution < 1.29 is 19.1 Å². The van der Waals surface area contributed by atoms with Gasteiger partial charge in [-0.2, -0.15) is 0 Å². The lowest BCUT2D eigenvalue weighted by Gasteiger charge is -2.29. The molecule has 0 N–H and O–H groups in total. The van der Waals surface area contributed by atoms with E-state index < -0.39 is 23.8 Å². The number of terminal acetylenes is 2. The number of hydrogen-bond acceptors (Lipinski definition) is 4. The number of esters is 2. The van der Waals surface area contributed by atoms with Crippen molar-refractivity contribution in [2.24, 2.45) is 11.8 Å². The van der Waals surface area contributed by atoms with Gasteiger partial charge in [0.05, 0.1) is 11.8 Å². The van der Waals surface area contributed by atoms with E-state index in [1.807, 2.05) is 0 Å². The molecule has 4 rings (SSSR count). The summed E-state index contributed by atoms with van der Waals surface area (Å²) in [7, 11) is 0. The monoisotopic (exact) mass is 370 g/mol. The molecular formula is C24H18O4. The Balaban J connectivity index is 1.93. The fourth-order valence-corrected chi connectivity index (χ4v) is 3.90. The van der Waals surface area contributed by atoms with Crippen LogP contribution in [0.1, 0.15) is 36.8 Å². The van der Waals surface area contributed by atoms with Crippen LogP contribution < -0.4 is 9.47 Å². The average molecular weight is 370 g/mol. The zero-order chi connectivity index (χ0) is 19.7. The predicted molar refractivity (Wildman–Crippen MR) is 104 cm³/mol. The summed E-state index contributed by atoms with van der Waals surface area (Å²) in [6, 6.07) is 10.2. The first-order valence-corrected chi connectivity index (χ1v) is 9.26. The van der Waals surface area contributed by atoms with Crippen molar-refractivity contribution in [1.29, 1.82) is 0 Å². The van der Waals surface area contributed by atoms with Crippen molar-refractivity contribution in [2.45, 2.75) is 25.7 Å². The van der Waals surface area contributed by atoms with Crippen LogP contribution in [0.4, 0.5) is 0 Å². The highest BCUT2D eigenvalue weighted by molar-refractivity contribution is 5.89. The summed E-state index contributed by atoms with van der Waals surface area (Å²) in [4.78, 5) is 25.7. The normalized spacial score (nSPS) is 20.9. The first kappa shape index (κ1) is 17.9. The molecule has 0 saturated heterocycles. The van der Waals surface area contributed by atoms with Gasteiger partial charge in [-0.3, -0.25) is 9.59 Å². The molecule has 2 aromatic rings. The molecular weight excluding hydrogens is 352 g/mol. The van der Waals surface area contributed by atoms with Gasteiger partial charge in [0.15, 0.2) is 0 Å². The fraction of sp³-hybridized carbons (Fsp3) is 0.250. The van der Waals surface area contributed by atoms with Gasteiger partial charge in [-0.25, -0.2) is 0 Å². The van der Waals surface area contributed by atoms with Crippen LogP contribution >= 0.6 is 0 Å². The third-order valence-corrected chi connectivity index (χ3v) is 5.38. The Hall–Kier alpha value is -3.50. The largest absolute Gasteiger partial charge is 0.426 e. The topological polar surface area (TPSA) is 52.6 Å². The van der Waals surface area contributed by atoms with Crippen molar-refractivity contribution in [1.82, 2.24) is 0 Å². The molecule has 0 spiro atoms. The van der Waals surface area contributed by atoms with Crippen LogP contribution in [0.5, 0.6) is 11.5 Å². The SMILES string of the molecule is C#Cc1ccc2c(c1)-c1cc(C#C)ccc1OC(=O)[C@H]1CCCC[C@@H]1C(=O)O2. The van der Waals surface area contributed by atoms with Gasteiger partial charge in [-0.1, -0.05) is 24.7 Å². The minimum atomic E-state index is -0.507. The Kier molecular flexibility index (Phi) is 4.63. The molecule has 28 heavy (non-hydrogen) atoms. The molecule has 0 amide bonds. The third-order valence-electron chi connectivity index (χ3n) is 5.38. The van der Waals surface area contributed by atoms with E-state index >= 15 is 0 Å². The number of fused-ring (bicyclic) bond motifs is 4. The molecule has 2 aromatic carbocycles. The summed E-state index contributed by atoms with van der Waals surface area (Å²) >= 11 is 0. The number of benzene rings is 2. The lowest BCUT2D eigenvalue weighted by Crippen LogP contribution is -2.37. The number of hydrogen-bond donors (Lipinski definition) is 0. The van der Waals surface area contributed by atoms with Gasteiger partial charge in [-0.05, 0) is 49.2 Å². The summed E-state index contributed by atoms with van der Waals surface area (Å²) in [6.07, 6.45) is 14.1. The molecule has 4 heteroatoms. The van der Waals surface area contributed by atoms with Crippen molar-refractivity contribution >= 4 is 11.9 Å². The second-order valence-electron chi connectivity index (χ2n) is 7.05. The molecule has 138 valence electrons. The lowest BCUT2D eigenvalue weighted by atomic mass is 9.79. The molecule has 2 atom stereocenters. The standard InChI is InChI=1S/C24H18O4/c1-3-15-9-11-21-19(13-15)20-14-16(4-2)10-12-22(20)28-24(26)18-8-6-5-7-17(18)23(25)27-21/h1-2,9-14,17-18H,5-8H2/t17-,18-/m0/s1. The maximum atomic E-state index is 12.9. The van der Waals surface area contributed by atoms with Gasteiger partial charge >= 0.3 is 11.9 Å². The molecule has 4 nitrogen and oxygen atoms in total. The summed E-state index contributed by atoms with van der Waals surface area (Å²) in [5.41, 5.74) is 2.37. The highest BCUT2D eigenvalue weighted by atomic mass is 16.5. The van der Waals surface area contributed by atoms with E-state index in [0.717, 1.165) is 12.8 Å². The van der Waals surface area contributed by atoms with Crippen LogP contribution in [0.15, 0.2) is 36.4 Å². The Morgan fingerprint density at radius 2 is 1.18 bits per heavy atom. The number of carbonyl (C=O) groups is 2. The second-order valence-corrected chi connectivity index (χ2v) is 7.05. The van der Waals surface area contributed by atoms with Crippen LogP contribution in [-0.4, -0.2) is 11.9 Å². The van der Waals surface area contributed by atoms with Gasteiger partial charge in [0.2, 0.25) is 0 Å². The predicted octanol–water partition coefficient (Wildman–Crippen LogP) is 3.95. The first-order valence-electron chi connectivity index (χ1n) is 9.26. The molecule has 2 aliphatic rings. The summed E-state index contributed by atoms with van der Waals surface area (Å²) in [5.74, 6) is 4.08. The smallest absolute Gasteiger partial charge is 0.315 e. The molecule has 1 aliphatic carbocycles. The van der Waals surface area contributed by atoms with Crippen LogP contribution in [-0.2, 0) is 9.59 Å². The van der Waals surface area contributed by atoms with Gasteiger partial charge in [0.1, 0.15) is 11.5 Å². The van der Waals surface area contributed by atoms with E-state index in [0.29, 0.717) is 46.6 Å².